The number of hydrogen-bond acceptors (Lipinski definition) is 3. The second-order valence-electron chi connectivity index (χ2n) is 7.65. The number of aliphatic imine (C=N–C) groups is 1. The van der Waals surface area contributed by atoms with E-state index in [0.29, 0.717) is 5.92 Å². The summed E-state index contributed by atoms with van der Waals surface area (Å²) >= 11 is 1.58. The average molecular weight is 368 g/mol. The number of ketones is 1. The van der Waals surface area contributed by atoms with Gasteiger partial charge < -0.3 is 0 Å². The molecule has 0 spiro atoms. The molecule has 26 heavy (non-hydrogen) atoms. The van der Waals surface area contributed by atoms with E-state index in [0.717, 1.165) is 16.5 Å². The van der Waals surface area contributed by atoms with E-state index in [4.69, 9.17) is 0 Å². The van der Waals surface area contributed by atoms with E-state index in [-0.39, 0.29) is 5.78 Å². The van der Waals surface area contributed by atoms with Crippen LogP contribution in [0.15, 0.2) is 50.8 Å². The largest absolute Gasteiger partial charge is 0.294 e. The molecule has 4 rings (SSSR count). The first-order valence-electron chi connectivity index (χ1n) is 9.68. The van der Waals surface area contributed by atoms with Gasteiger partial charge in [0.25, 0.3) is 0 Å². The summed E-state index contributed by atoms with van der Waals surface area (Å²) in [5.74, 6) is 1.34. The van der Waals surface area contributed by atoms with E-state index in [1.807, 2.05) is 20.0 Å². The molecule has 0 aromatic heterocycles. The van der Waals surface area contributed by atoms with Crippen molar-refractivity contribution < 1.29 is 4.79 Å². The minimum absolute atomic E-state index is 0.172. The van der Waals surface area contributed by atoms with Crippen LogP contribution in [0.4, 0.5) is 0 Å². The molecular formula is C23H29NOS. The van der Waals surface area contributed by atoms with Gasteiger partial charge in [0.05, 0.1) is 10.8 Å². The van der Waals surface area contributed by atoms with Crippen LogP contribution in [0.5, 0.6) is 0 Å². The van der Waals surface area contributed by atoms with Crippen LogP contribution in [0.1, 0.15) is 69.9 Å². The van der Waals surface area contributed by atoms with Crippen molar-refractivity contribution in [2.45, 2.75) is 65.7 Å². The van der Waals surface area contributed by atoms with E-state index < -0.39 is 0 Å². The Kier molecular flexibility index (Phi) is 6.18. The normalized spacial score (nSPS) is 22.4. The maximum absolute atomic E-state index is 11.2. The SMILES string of the molecule is CC(=O)C1=C(C)C2C(=CN=C2C)S1.Cc1ccc(C2CCCCC2)cc1. The second kappa shape index (κ2) is 8.39. The number of carbonyl (C=O) groups excluding carboxylic acids is 1. The number of hydrogen-bond donors (Lipinski definition) is 0. The Labute approximate surface area is 161 Å². The van der Waals surface area contributed by atoms with Crippen molar-refractivity contribution in [2.24, 2.45) is 10.9 Å². The highest BCUT2D eigenvalue weighted by Crippen LogP contribution is 2.48. The Morgan fingerprint density at radius 3 is 2.27 bits per heavy atom. The predicted molar refractivity (Wildman–Crippen MR) is 113 cm³/mol. The second-order valence-corrected chi connectivity index (χ2v) is 8.73. The van der Waals surface area contributed by atoms with Crippen LogP contribution in [0.25, 0.3) is 0 Å². The molecular weight excluding hydrogens is 338 g/mol. The van der Waals surface area contributed by atoms with Gasteiger partial charge in [0, 0.05) is 16.8 Å². The van der Waals surface area contributed by atoms with Gasteiger partial charge in [0.15, 0.2) is 5.78 Å². The molecule has 0 N–H and O–H groups in total. The summed E-state index contributed by atoms with van der Waals surface area (Å²) in [4.78, 5) is 17.6. The topological polar surface area (TPSA) is 29.4 Å². The standard InChI is InChI=1S/C13H18.C10H11NOS/c1-11-7-9-13(10-8-11)12-5-3-2-4-6-12;1-5-9-6(2)11-4-8(9)13-10(5)7(3)12/h7-10,12H,2-6H2,1H3;4,9H,1-3H3. The van der Waals surface area contributed by atoms with Gasteiger partial charge in [0.2, 0.25) is 0 Å². The number of Topliss-reactive ketones (excluding diaryl/α,β-unsaturated/α-hetero) is 1. The molecule has 1 unspecified atom stereocenters. The lowest BCUT2D eigenvalue weighted by molar-refractivity contribution is -0.113. The highest BCUT2D eigenvalue weighted by molar-refractivity contribution is 8.08. The molecule has 3 heteroatoms. The molecule has 3 aliphatic rings. The molecule has 1 aromatic carbocycles. The third-order valence-electron chi connectivity index (χ3n) is 5.58. The van der Waals surface area contributed by atoms with E-state index in [1.54, 1.807) is 24.2 Å². The molecule has 138 valence electrons. The highest BCUT2D eigenvalue weighted by atomic mass is 32.2. The van der Waals surface area contributed by atoms with Crippen molar-refractivity contribution in [3.05, 3.63) is 57.0 Å². The van der Waals surface area contributed by atoms with Gasteiger partial charge in [-0.25, -0.2) is 0 Å². The summed E-state index contributed by atoms with van der Waals surface area (Å²) in [6, 6.07) is 9.10. The molecule has 2 aliphatic heterocycles. The summed E-state index contributed by atoms with van der Waals surface area (Å²) in [6.45, 7) is 7.82. The van der Waals surface area contributed by atoms with Crippen molar-refractivity contribution in [3.63, 3.8) is 0 Å². The molecule has 1 atom stereocenters. The van der Waals surface area contributed by atoms with Crippen LogP contribution >= 0.6 is 11.8 Å². The molecule has 2 nitrogen and oxygen atoms in total. The van der Waals surface area contributed by atoms with Crippen molar-refractivity contribution in [1.82, 2.24) is 0 Å². The van der Waals surface area contributed by atoms with Gasteiger partial charge >= 0.3 is 0 Å². The first-order chi connectivity index (χ1) is 12.5. The quantitative estimate of drug-likeness (QED) is 0.591. The Bertz CT molecular complexity index is 764. The zero-order valence-corrected chi connectivity index (χ0v) is 17.2. The van der Waals surface area contributed by atoms with Crippen LogP contribution in [-0.2, 0) is 4.79 Å². The summed E-state index contributed by atoms with van der Waals surface area (Å²) in [5, 5.41) is 0. The monoisotopic (exact) mass is 367 g/mol. The van der Waals surface area contributed by atoms with Gasteiger partial charge in [-0.2, -0.15) is 0 Å². The predicted octanol–water partition coefficient (Wildman–Crippen LogP) is 6.57. The van der Waals surface area contributed by atoms with Gasteiger partial charge in [-0.15, -0.1) is 0 Å². The van der Waals surface area contributed by atoms with Crippen LogP contribution in [-0.4, -0.2) is 11.5 Å². The molecule has 2 heterocycles. The molecule has 1 fully saturated rings. The maximum atomic E-state index is 11.2. The minimum atomic E-state index is 0.172. The Hall–Kier alpha value is -1.61. The van der Waals surface area contributed by atoms with Crippen molar-refractivity contribution in [3.8, 4) is 0 Å². The minimum Gasteiger partial charge on any atom is -0.294 e. The first kappa shape index (κ1) is 19.2. The van der Waals surface area contributed by atoms with Gasteiger partial charge in [-0.05, 0) is 57.6 Å². The Morgan fingerprint density at radius 1 is 1.04 bits per heavy atom. The van der Waals surface area contributed by atoms with E-state index in [2.05, 4.69) is 36.2 Å². The van der Waals surface area contributed by atoms with Crippen molar-refractivity contribution in [1.29, 1.82) is 0 Å². The fraction of sp³-hybridized carbons (Fsp3) is 0.478. The Morgan fingerprint density at radius 2 is 1.69 bits per heavy atom. The number of rotatable bonds is 2. The number of thioether (sulfide) groups is 1. The first-order valence-corrected chi connectivity index (χ1v) is 10.5. The van der Waals surface area contributed by atoms with Gasteiger partial charge in [-0.3, -0.25) is 9.79 Å². The number of aryl methyl sites for hydroxylation is 1. The third kappa shape index (κ3) is 4.20. The summed E-state index contributed by atoms with van der Waals surface area (Å²) in [5.41, 5.74) is 5.21. The summed E-state index contributed by atoms with van der Waals surface area (Å²) in [6.07, 6.45) is 9.00. The summed E-state index contributed by atoms with van der Waals surface area (Å²) < 4.78 is 0. The zero-order valence-electron chi connectivity index (χ0n) is 16.3. The zero-order chi connectivity index (χ0) is 18.7. The average Bonchev–Trinajstić information content (AvgIpc) is 3.17. The smallest absolute Gasteiger partial charge is 0.166 e. The Balaban J connectivity index is 0.000000151. The van der Waals surface area contributed by atoms with E-state index >= 15 is 0 Å². The van der Waals surface area contributed by atoms with Gasteiger partial charge in [-0.1, -0.05) is 60.9 Å². The lowest BCUT2D eigenvalue weighted by Crippen LogP contribution is -2.07. The molecule has 1 saturated carbocycles. The number of fused-ring (bicyclic) bond motifs is 1. The molecule has 0 amide bonds. The molecule has 0 radical (unpaired) electrons. The lowest BCUT2D eigenvalue weighted by atomic mass is 9.84. The fourth-order valence-corrected chi connectivity index (χ4v) is 5.31. The number of benzene rings is 1. The van der Waals surface area contributed by atoms with Crippen LogP contribution < -0.4 is 0 Å². The van der Waals surface area contributed by atoms with E-state index in [9.17, 15) is 4.79 Å². The van der Waals surface area contributed by atoms with Gasteiger partial charge in [0.1, 0.15) is 0 Å². The molecule has 1 aromatic rings. The van der Waals surface area contributed by atoms with Crippen molar-refractivity contribution in [2.75, 3.05) is 0 Å². The molecule has 1 aliphatic carbocycles. The third-order valence-corrected chi connectivity index (χ3v) is 6.97. The van der Waals surface area contributed by atoms with E-state index in [1.165, 1.54) is 48.1 Å². The van der Waals surface area contributed by atoms with Crippen molar-refractivity contribution >= 4 is 23.3 Å². The molecule has 0 bridgehead atoms. The van der Waals surface area contributed by atoms with Crippen LogP contribution in [0.3, 0.4) is 0 Å². The lowest BCUT2D eigenvalue weighted by Gasteiger charge is -2.21. The number of allylic oxidation sites excluding steroid dienone is 3. The number of carbonyl (C=O) groups is 1. The maximum Gasteiger partial charge on any atom is 0.166 e. The van der Waals surface area contributed by atoms with Crippen LogP contribution in [0, 0.1) is 12.8 Å². The molecule has 0 saturated heterocycles. The highest BCUT2D eigenvalue weighted by Gasteiger charge is 2.34. The fourth-order valence-electron chi connectivity index (χ4n) is 4.09. The van der Waals surface area contributed by atoms with Crippen LogP contribution in [0.2, 0.25) is 0 Å². The summed E-state index contributed by atoms with van der Waals surface area (Å²) in [7, 11) is 0. The number of nitrogens with zero attached hydrogens (tertiary/aromatic N) is 1.